The Morgan fingerprint density at radius 3 is 2.37 bits per heavy atom. The molecule has 1 unspecified atom stereocenters. The predicted octanol–water partition coefficient (Wildman–Crippen LogP) is 6.01. The molecule has 0 spiro atoms. The third-order valence-corrected chi connectivity index (χ3v) is 8.67. The van der Waals surface area contributed by atoms with E-state index in [4.69, 9.17) is 13.7 Å². The molecule has 3 aromatic carbocycles. The first-order valence-corrected chi connectivity index (χ1v) is 12.5. The summed E-state index contributed by atoms with van der Waals surface area (Å²) in [5, 5.41) is 8.78. The molecule has 1 fully saturated rings. The van der Waals surface area contributed by atoms with Crippen LogP contribution in [-0.4, -0.2) is 22.7 Å². The molecule has 0 saturated carbocycles. The number of hydrogen-bond acceptors (Lipinski definition) is 3. The van der Waals surface area contributed by atoms with Crippen LogP contribution in [0.3, 0.4) is 0 Å². The van der Waals surface area contributed by atoms with Crippen molar-refractivity contribution in [3.8, 4) is 0 Å². The largest absolute Gasteiger partial charge is 0.465 e. The Labute approximate surface area is 202 Å². The second-order valence-electron chi connectivity index (χ2n) is 11.2. The third-order valence-electron chi connectivity index (χ3n) is 8.67. The van der Waals surface area contributed by atoms with Crippen LogP contribution in [0.5, 0.6) is 0 Å². The molecule has 5 heteroatoms. The predicted molar refractivity (Wildman–Crippen MR) is 144 cm³/mol. The lowest BCUT2D eigenvalue weighted by Gasteiger charge is -2.32. The quantitative estimate of drug-likeness (QED) is 0.283. The molecule has 1 saturated heterocycles. The summed E-state index contributed by atoms with van der Waals surface area (Å²) in [6.07, 6.45) is 5.41. The van der Waals surface area contributed by atoms with E-state index in [1.165, 1.54) is 48.6 Å². The summed E-state index contributed by atoms with van der Waals surface area (Å²) in [7, 11) is -0.278. The Bertz CT molecular complexity index is 1940. The van der Waals surface area contributed by atoms with E-state index in [9.17, 15) is 0 Å². The van der Waals surface area contributed by atoms with Crippen molar-refractivity contribution in [1.29, 1.82) is 0 Å². The fraction of sp³-hybridized carbons (Fsp3) is 0.267. The Morgan fingerprint density at radius 2 is 1.57 bits per heavy atom. The molecule has 1 atom stereocenters. The first-order valence-electron chi connectivity index (χ1n) is 12.5. The van der Waals surface area contributed by atoms with Crippen LogP contribution in [0.25, 0.3) is 61.2 Å². The molecule has 1 aliphatic carbocycles. The summed E-state index contributed by atoms with van der Waals surface area (Å²) in [5.41, 5.74) is 3.60. The van der Waals surface area contributed by atoms with E-state index < -0.39 is 0 Å². The van der Waals surface area contributed by atoms with Crippen molar-refractivity contribution in [1.82, 2.24) is 4.40 Å². The van der Waals surface area contributed by atoms with Crippen LogP contribution in [0.2, 0.25) is 5.82 Å². The normalized spacial score (nSPS) is 21.4. The van der Waals surface area contributed by atoms with E-state index in [1.54, 1.807) is 0 Å². The van der Waals surface area contributed by atoms with E-state index in [0.717, 1.165) is 17.5 Å². The Kier molecular flexibility index (Phi) is 3.59. The van der Waals surface area contributed by atoms with Gasteiger partial charge in [0, 0.05) is 27.2 Å². The number of furan rings is 1. The minimum Gasteiger partial charge on any atom is -0.439 e. The molecule has 3 aromatic heterocycles. The molecule has 1 aliphatic heterocycles. The average Bonchev–Trinajstić information content (AvgIpc) is 3.52. The summed E-state index contributed by atoms with van der Waals surface area (Å²) in [6.45, 7) is 8.43. The number of benzene rings is 3. The molecule has 4 nitrogen and oxygen atoms in total. The summed E-state index contributed by atoms with van der Waals surface area (Å²) in [5.74, 6) is 0.118. The van der Waals surface area contributed by atoms with Gasteiger partial charge in [0.15, 0.2) is 0 Å². The van der Waals surface area contributed by atoms with Gasteiger partial charge in [0.2, 0.25) is 5.71 Å². The molecular weight excluding hydrogens is 433 g/mol. The van der Waals surface area contributed by atoms with Gasteiger partial charge in [0.25, 0.3) is 0 Å². The highest BCUT2D eigenvalue weighted by Gasteiger charge is 2.53. The van der Waals surface area contributed by atoms with Gasteiger partial charge in [-0.1, -0.05) is 48.5 Å². The molecule has 2 aliphatic rings. The molecule has 0 N–H and O–H groups in total. The maximum atomic E-state index is 6.67. The van der Waals surface area contributed by atoms with Crippen molar-refractivity contribution < 1.29 is 13.7 Å². The highest BCUT2D eigenvalue weighted by atomic mass is 16.7. The average molecular weight is 459 g/mol. The van der Waals surface area contributed by atoms with Gasteiger partial charge >= 0.3 is 7.12 Å². The molecule has 172 valence electrons. The zero-order valence-electron chi connectivity index (χ0n) is 20.4. The molecule has 8 rings (SSSR count). The Balaban J connectivity index is 1.44. The van der Waals surface area contributed by atoms with Crippen molar-refractivity contribution >= 4 is 68.3 Å². The standard InChI is InChI=1S/C30H26BNO3/c1-29(2)30(3,4)35-31(34-29)18-13-14-21-24(16-18)33-28-26(21)22-15-17-9-5-6-10-19(17)25-20-11-7-8-12-23(20)32(28)27(22)25/h5-12,14-16,18H,13H2,1-4H3. The molecule has 35 heavy (non-hydrogen) atoms. The SMILES string of the molecule is CC1(C)OB(C2C=c3oc4c(c3=CC2)c2cc3ccccc3c3c5ccccc5n4c23)OC1(C)C. The molecule has 0 bridgehead atoms. The number of nitrogens with zero attached hydrogens (tertiary/aromatic N) is 1. The van der Waals surface area contributed by atoms with Crippen molar-refractivity contribution in [3.05, 3.63) is 65.2 Å². The summed E-state index contributed by atoms with van der Waals surface area (Å²) in [6, 6.07) is 19.7. The van der Waals surface area contributed by atoms with Crippen molar-refractivity contribution in [2.24, 2.45) is 0 Å². The van der Waals surface area contributed by atoms with E-state index >= 15 is 0 Å². The smallest absolute Gasteiger partial charge is 0.439 e. The van der Waals surface area contributed by atoms with Crippen LogP contribution in [0.1, 0.15) is 34.1 Å². The van der Waals surface area contributed by atoms with Gasteiger partial charge < -0.3 is 13.7 Å². The number of rotatable bonds is 1. The van der Waals surface area contributed by atoms with Gasteiger partial charge in [-0.3, -0.25) is 4.40 Å². The van der Waals surface area contributed by atoms with Gasteiger partial charge in [-0.2, -0.15) is 0 Å². The lowest BCUT2D eigenvalue weighted by atomic mass is 9.68. The molecular formula is C30H26BNO3. The van der Waals surface area contributed by atoms with Crippen LogP contribution >= 0.6 is 0 Å². The summed E-state index contributed by atoms with van der Waals surface area (Å²) in [4.78, 5) is 0. The van der Waals surface area contributed by atoms with Gasteiger partial charge in [-0.25, -0.2) is 0 Å². The second-order valence-corrected chi connectivity index (χ2v) is 11.2. The highest BCUT2D eigenvalue weighted by molar-refractivity contribution is 6.49. The minimum absolute atomic E-state index is 0.118. The van der Waals surface area contributed by atoms with Gasteiger partial charge in [0.1, 0.15) is 5.42 Å². The number of hydrogen-bond donors (Lipinski definition) is 0. The maximum absolute atomic E-state index is 6.67. The molecule has 0 amide bonds. The van der Waals surface area contributed by atoms with Gasteiger partial charge in [0.05, 0.1) is 27.6 Å². The van der Waals surface area contributed by atoms with Gasteiger partial charge in [-0.05, 0) is 63.1 Å². The number of aromatic nitrogens is 1. The molecule has 0 radical (unpaired) electrons. The second kappa shape index (κ2) is 6.28. The van der Waals surface area contributed by atoms with Gasteiger partial charge in [-0.15, -0.1) is 0 Å². The van der Waals surface area contributed by atoms with Crippen LogP contribution in [0, 0.1) is 0 Å². The Morgan fingerprint density at radius 1 is 0.857 bits per heavy atom. The summed E-state index contributed by atoms with van der Waals surface area (Å²) < 4.78 is 21.7. The monoisotopic (exact) mass is 459 g/mol. The van der Waals surface area contributed by atoms with E-state index in [-0.39, 0.29) is 24.1 Å². The van der Waals surface area contributed by atoms with Crippen molar-refractivity contribution in [2.75, 3.05) is 0 Å². The van der Waals surface area contributed by atoms with Crippen molar-refractivity contribution in [3.63, 3.8) is 0 Å². The number of para-hydroxylation sites is 1. The molecule has 6 aromatic rings. The first kappa shape index (κ1) is 20.0. The lowest BCUT2D eigenvalue weighted by molar-refractivity contribution is 0.00578. The number of fused-ring (bicyclic) bond motifs is 10. The lowest BCUT2D eigenvalue weighted by Crippen LogP contribution is -2.41. The van der Waals surface area contributed by atoms with Crippen LogP contribution in [-0.2, 0) is 9.31 Å². The summed E-state index contributed by atoms with van der Waals surface area (Å²) >= 11 is 0. The van der Waals surface area contributed by atoms with Crippen LogP contribution < -0.4 is 10.6 Å². The van der Waals surface area contributed by atoms with Crippen LogP contribution in [0.15, 0.2) is 59.0 Å². The van der Waals surface area contributed by atoms with Crippen molar-refractivity contribution in [2.45, 2.75) is 51.1 Å². The topological polar surface area (TPSA) is 36.0 Å². The Hall–Kier alpha value is -3.28. The fourth-order valence-electron chi connectivity index (χ4n) is 6.21. The fourth-order valence-corrected chi connectivity index (χ4v) is 6.21. The van der Waals surface area contributed by atoms with E-state index in [1.807, 2.05) is 0 Å². The third kappa shape index (κ3) is 2.40. The van der Waals surface area contributed by atoms with E-state index in [0.29, 0.717) is 0 Å². The maximum Gasteiger partial charge on any atom is 0.465 e. The first-order chi connectivity index (χ1) is 16.8. The molecule has 4 heterocycles. The van der Waals surface area contributed by atoms with Crippen LogP contribution in [0.4, 0.5) is 0 Å². The minimum atomic E-state index is -0.341. The zero-order valence-corrected chi connectivity index (χ0v) is 20.4. The van der Waals surface area contributed by atoms with E-state index in [2.05, 4.69) is 98.8 Å². The highest BCUT2D eigenvalue weighted by Crippen LogP contribution is 2.44. The zero-order chi connectivity index (χ0) is 23.7.